The summed E-state index contributed by atoms with van der Waals surface area (Å²) in [6.07, 6.45) is 2.11. The summed E-state index contributed by atoms with van der Waals surface area (Å²) in [7, 11) is 0. The van der Waals surface area contributed by atoms with Crippen LogP contribution >= 0.6 is 0 Å². The highest BCUT2D eigenvalue weighted by atomic mass is 19.1. The minimum atomic E-state index is -0.239. The predicted octanol–water partition coefficient (Wildman–Crippen LogP) is 2.54. The van der Waals surface area contributed by atoms with E-state index >= 15 is 0 Å². The smallest absolute Gasteiger partial charge is 0.132 e. The van der Waals surface area contributed by atoms with E-state index < -0.39 is 0 Å². The Balaban J connectivity index is 2.07. The molecule has 1 aromatic heterocycles. The van der Waals surface area contributed by atoms with Crippen LogP contribution in [0.1, 0.15) is 30.3 Å². The van der Waals surface area contributed by atoms with Crippen LogP contribution in [-0.4, -0.2) is 23.1 Å². The lowest BCUT2D eigenvalue weighted by atomic mass is 9.97. The quantitative estimate of drug-likeness (QED) is 0.839. The van der Waals surface area contributed by atoms with Crippen LogP contribution in [0.15, 0.2) is 18.2 Å². The summed E-state index contributed by atoms with van der Waals surface area (Å²) >= 11 is 0. The van der Waals surface area contributed by atoms with Crippen LogP contribution in [0.4, 0.5) is 4.39 Å². The number of fused-ring (bicyclic) bond motifs is 1. The molecule has 0 radical (unpaired) electrons. The Bertz CT molecular complexity index is 577. The maximum atomic E-state index is 13.3. The number of halogens is 1. The molecule has 0 spiro atoms. The monoisotopic (exact) mass is 245 g/mol. The molecule has 0 amide bonds. The second-order valence-electron chi connectivity index (χ2n) is 4.85. The van der Waals surface area contributed by atoms with Gasteiger partial charge >= 0.3 is 0 Å². The molecule has 3 rings (SSSR count). The zero-order chi connectivity index (χ0) is 12.5. The lowest BCUT2D eigenvalue weighted by molar-refractivity contribution is 0.445. The molecule has 4 heteroatoms. The van der Waals surface area contributed by atoms with Crippen molar-refractivity contribution in [2.24, 2.45) is 0 Å². The summed E-state index contributed by atoms with van der Waals surface area (Å²) in [4.78, 5) is 9.13. The number of piperidine rings is 1. The van der Waals surface area contributed by atoms with Crippen LogP contribution in [0.2, 0.25) is 0 Å². The SMILES string of the molecule is Cc1nc(C2CCNCC2)nc2cc(F)ccc12. The van der Waals surface area contributed by atoms with Crippen molar-refractivity contribution in [2.75, 3.05) is 13.1 Å². The Morgan fingerprint density at radius 2 is 2.00 bits per heavy atom. The van der Waals surface area contributed by atoms with Crippen molar-refractivity contribution in [3.63, 3.8) is 0 Å². The minimum Gasteiger partial charge on any atom is -0.317 e. The molecule has 2 aromatic rings. The number of benzene rings is 1. The summed E-state index contributed by atoms with van der Waals surface area (Å²) in [5.74, 6) is 1.03. The third-order valence-electron chi connectivity index (χ3n) is 3.57. The van der Waals surface area contributed by atoms with Crippen LogP contribution in [-0.2, 0) is 0 Å². The van der Waals surface area contributed by atoms with E-state index in [0.29, 0.717) is 5.92 Å². The fourth-order valence-corrected chi connectivity index (χ4v) is 2.55. The first-order valence-corrected chi connectivity index (χ1v) is 6.38. The van der Waals surface area contributed by atoms with Gasteiger partial charge in [-0.3, -0.25) is 0 Å². The molecule has 94 valence electrons. The number of hydrogen-bond acceptors (Lipinski definition) is 3. The summed E-state index contributed by atoms with van der Waals surface area (Å²) < 4.78 is 13.3. The molecule has 1 N–H and O–H groups in total. The van der Waals surface area contributed by atoms with Crippen LogP contribution in [0.25, 0.3) is 10.9 Å². The van der Waals surface area contributed by atoms with Gasteiger partial charge in [0.1, 0.15) is 11.6 Å². The van der Waals surface area contributed by atoms with E-state index in [2.05, 4.69) is 15.3 Å². The lowest BCUT2D eigenvalue weighted by Gasteiger charge is -2.21. The van der Waals surface area contributed by atoms with Gasteiger partial charge in [0.15, 0.2) is 0 Å². The number of aromatic nitrogens is 2. The van der Waals surface area contributed by atoms with Gasteiger partial charge in [-0.05, 0) is 45.0 Å². The maximum Gasteiger partial charge on any atom is 0.132 e. The summed E-state index contributed by atoms with van der Waals surface area (Å²) in [6.45, 7) is 3.98. The van der Waals surface area contributed by atoms with E-state index in [1.807, 2.05) is 6.92 Å². The molecule has 1 aliphatic heterocycles. The Hall–Kier alpha value is -1.55. The van der Waals surface area contributed by atoms with Crippen LogP contribution in [0.3, 0.4) is 0 Å². The van der Waals surface area contributed by atoms with Gasteiger partial charge in [0.25, 0.3) is 0 Å². The number of rotatable bonds is 1. The van der Waals surface area contributed by atoms with Crippen LogP contribution < -0.4 is 5.32 Å². The minimum absolute atomic E-state index is 0.239. The molecule has 1 aliphatic rings. The van der Waals surface area contributed by atoms with Gasteiger partial charge in [-0.25, -0.2) is 14.4 Å². The fourth-order valence-electron chi connectivity index (χ4n) is 2.55. The summed E-state index contributed by atoms with van der Waals surface area (Å²) in [6, 6.07) is 4.71. The number of aryl methyl sites for hydroxylation is 1. The normalized spacial score (nSPS) is 17.2. The molecule has 1 saturated heterocycles. The zero-order valence-electron chi connectivity index (χ0n) is 10.4. The molecular weight excluding hydrogens is 229 g/mol. The van der Waals surface area contributed by atoms with Crippen molar-refractivity contribution in [2.45, 2.75) is 25.7 Å². The molecule has 0 aliphatic carbocycles. The van der Waals surface area contributed by atoms with E-state index in [1.54, 1.807) is 6.07 Å². The average molecular weight is 245 g/mol. The molecule has 0 saturated carbocycles. The van der Waals surface area contributed by atoms with Gasteiger partial charge in [0, 0.05) is 23.1 Å². The van der Waals surface area contributed by atoms with E-state index in [-0.39, 0.29) is 5.82 Å². The van der Waals surface area contributed by atoms with Crippen LogP contribution in [0.5, 0.6) is 0 Å². The third kappa shape index (κ3) is 2.08. The first-order chi connectivity index (χ1) is 8.74. The topological polar surface area (TPSA) is 37.8 Å². The predicted molar refractivity (Wildman–Crippen MR) is 69.1 cm³/mol. The molecule has 18 heavy (non-hydrogen) atoms. The average Bonchev–Trinajstić information content (AvgIpc) is 2.39. The van der Waals surface area contributed by atoms with Gasteiger partial charge in [0.2, 0.25) is 0 Å². The van der Waals surface area contributed by atoms with Crippen molar-refractivity contribution in [3.8, 4) is 0 Å². The van der Waals surface area contributed by atoms with Crippen LogP contribution in [0, 0.1) is 12.7 Å². The summed E-state index contributed by atoms with van der Waals surface area (Å²) in [5.41, 5.74) is 1.66. The largest absolute Gasteiger partial charge is 0.317 e. The van der Waals surface area contributed by atoms with E-state index in [4.69, 9.17) is 0 Å². The molecule has 2 heterocycles. The number of nitrogens with zero attached hydrogens (tertiary/aromatic N) is 2. The van der Waals surface area contributed by atoms with Crippen molar-refractivity contribution in [1.82, 2.24) is 15.3 Å². The molecule has 0 unspecified atom stereocenters. The molecule has 0 bridgehead atoms. The zero-order valence-corrected chi connectivity index (χ0v) is 10.4. The Morgan fingerprint density at radius 1 is 1.22 bits per heavy atom. The molecule has 1 fully saturated rings. The standard InChI is InChI=1S/C14H16FN3/c1-9-12-3-2-11(15)8-13(12)18-14(17-9)10-4-6-16-7-5-10/h2-3,8,10,16H,4-7H2,1H3. The second-order valence-corrected chi connectivity index (χ2v) is 4.85. The van der Waals surface area contributed by atoms with Crippen molar-refractivity contribution < 1.29 is 4.39 Å². The Morgan fingerprint density at radius 3 is 2.78 bits per heavy atom. The van der Waals surface area contributed by atoms with E-state index in [1.165, 1.54) is 12.1 Å². The maximum absolute atomic E-state index is 13.3. The van der Waals surface area contributed by atoms with Gasteiger partial charge in [-0.15, -0.1) is 0 Å². The third-order valence-corrected chi connectivity index (χ3v) is 3.57. The highest BCUT2D eigenvalue weighted by Crippen LogP contribution is 2.25. The van der Waals surface area contributed by atoms with Crippen molar-refractivity contribution in [1.29, 1.82) is 0 Å². The van der Waals surface area contributed by atoms with Crippen molar-refractivity contribution in [3.05, 3.63) is 35.5 Å². The molecule has 3 nitrogen and oxygen atoms in total. The lowest BCUT2D eigenvalue weighted by Crippen LogP contribution is -2.27. The molecular formula is C14H16FN3. The number of hydrogen-bond donors (Lipinski definition) is 1. The van der Waals surface area contributed by atoms with E-state index in [0.717, 1.165) is 48.4 Å². The first-order valence-electron chi connectivity index (χ1n) is 6.38. The second kappa shape index (κ2) is 4.61. The molecule has 1 aromatic carbocycles. The highest BCUT2D eigenvalue weighted by Gasteiger charge is 2.19. The Labute approximate surface area is 105 Å². The first kappa shape index (κ1) is 11.5. The number of nitrogens with one attached hydrogen (secondary N) is 1. The summed E-state index contributed by atoms with van der Waals surface area (Å²) in [5, 5.41) is 4.27. The molecule has 0 atom stereocenters. The van der Waals surface area contributed by atoms with Gasteiger partial charge < -0.3 is 5.32 Å². The van der Waals surface area contributed by atoms with Crippen molar-refractivity contribution >= 4 is 10.9 Å². The van der Waals surface area contributed by atoms with Gasteiger partial charge in [0.05, 0.1) is 5.52 Å². The highest BCUT2D eigenvalue weighted by molar-refractivity contribution is 5.80. The van der Waals surface area contributed by atoms with Gasteiger partial charge in [-0.2, -0.15) is 0 Å². The fraction of sp³-hybridized carbons (Fsp3) is 0.429. The van der Waals surface area contributed by atoms with Gasteiger partial charge in [-0.1, -0.05) is 0 Å². The van der Waals surface area contributed by atoms with E-state index in [9.17, 15) is 4.39 Å². The Kier molecular flexibility index (Phi) is 2.96.